The first-order valence-corrected chi connectivity index (χ1v) is 10.1. The highest BCUT2D eigenvalue weighted by atomic mass is 19.1. The van der Waals surface area contributed by atoms with Crippen LogP contribution in [-0.2, 0) is 30.5 Å². The fourth-order valence-corrected chi connectivity index (χ4v) is 3.58. The van der Waals surface area contributed by atoms with Crippen LogP contribution in [0.25, 0.3) is 0 Å². The van der Waals surface area contributed by atoms with Gasteiger partial charge in [-0.05, 0) is 30.5 Å². The number of halogens is 1. The average molecular weight is 445 g/mol. The molecular weight excluding hydrogens is 421 g/mol. The maximum absolute atomic E-state index is 13.0. The van der Waals surface area contributed by atoms with Crippen LogP contribution >= 0.6 is 0 Å². The van der Waals surface area contributed by atoms with Crippen LogP contribution in [0.3, 0.4) is 0 Å². The number of hydrogen-bond acceptors (Lipinski definition) is 6. The number of ketones is 1. The predicted molar refractivity (Wildman–Crippen MR) is 111 cm³/mol. The van der Waals surface area contributed by atoms with Crippen molar-refractivity contribution in [1.82, 2.24) is 20.0 Å². The second-order valence-corrected chi connectivity index (χ2v) is 7.83. The molecule has 0 bridgehead atoms. The lowest BCUT2D eigenvalue weighted by molar-refractivity contribution is -0.151. The van der Waals surface area contributed by atoms with Crippen molar-refractivity contribution < 1.29 is 28.4 Å². The summed E-state index contributed by atoms with van der Waals surface area (Å²) in [5, 5.41) is 2.53. The molecule has 11 heteroatoms. The topological polar surface area (TPSA) is 119 Å². The van der Waals surface area contributed by atoms with Gasteiger partial charge < -0.3 is 15.1 Å². The number of aliphatic imine (C=N–C) groups is 1. The van der Waals surface area contributed by atoms with Crippen molar-refractivity contribution in [3.63, 3.8) is 0 Å². The van der Waals surface area contributed by atoms with E-state index in [0.29, 0.717) is 18.4 Å². The van der Waals surface area contributed by atoms with E-state index in [1.54, 1.807) is 0 Å². The summed E-state index contributed by atoms with van der Waals surface area (Å²) in [6, 6.07) is 3.12. The van der Waals surface area contributed by atoms with Crippen LogP contribution < -0.4 is 5.32 Å². The van der Waals surface area contributed by atoms with Gasteiger partial charge in [0, 0.05) is 34.2 Å². The number of piperidine rings is 1. The van der Waals surface area contributed by atoms with Crippen LogP contribution in [0.15, 0.2) is 29.3 Å². The molecule has 2 heterocycles. The molecule has 2 aliphatic heterocycles. The lowest BCUT2D eigenvalue weighted by Gasteiger charge is -2.40. The summed E-state index contributed by atoms with van der Waals surface area (Å²) in [5.74, 6) is -4.45. The summed E-state index contributed by atoms with van der Waals surface area (Å²) >= 11 is 0. The van der Waals surface area contributed by atoms with Crippen molar-refractivity contribution in [1.29, 1.82) is 0 Å². The molecule has 2 atom stereocenters. The van der Waals surface area contributed by atoms with E-state index in [2.05, 4.69) is 10.3 Å². The number of amides is 4. The number of hydrogen-bond donors (Lipinski definition) is 1. The number of amidine groups is 1. The van der Waals surface area contributed by atoms with Crippen molar-refractivity contribution in [2.75, 3.05) is 27.7 Å². The molecule has 1 aromatic rings. The average Bonchev–Trinajstić information content (AvgIpc) is 2.78. The summed E-state index contributed by atoms with van der Waals surface area (Å²) < 4.78 is 13.0. The number of nitrogens with zero attached hydrogens (tertiary/aromatic N) is 4. The monoisotopic (exact) mass is 445 g/mol. The minimum atomic E-state index is -1.59. The van der Waals surface area contributed by atoms with Crippen LogP contribution in [0, 0.1) is 5.82 Å². The third-order valence-electron chi connectivity index (χ3n) is 5.40. The SMILES string of the molecule is CN(C)C(=O)C(=O)N(C)[C@H]1CCCN2C(=O)C(=O)C(C(=O)NCc3ccc(F)cc3)N=C12. The molecule has 1 saturated heterocycles. The zero-order valence-corrected chi connectivity index (χ0v) is 18.0. The first-order valence-electron chi connectivity index (χ1n) is 10.1. The zero-order chi connectivity index (χ0) is 23.6. The molecule has 0 spiro atoms. The number of fused-ring (bicyclic) bond motifs is 1. The van der Waals surface area contributed by atoms with Gasteiger partial charge >= 0.3 is 11.8 Å². The van der Waals surface area contributed by atoms with Gasteiger partial charge in [-0.25, -0.2) is 9.38 Å². The van der Waals surface area contributed by atoms with Crippen LogP contribution in [0.2, 0.25) is 0 Å². The molecule has 1 aromatic carbocycles. The van der Waals surface area contributed by atoms with E-state index >= 15 is 0 Å². The third-order valence-corrected chi connectivity index (χ3v) is 5.40. The molecule has 1 unspecified atom stereocenters. The summed E-state index contributed by atoms with van der Waals surface area (Å²) in [4.78, 5) is 70.2. The molecule has 1 N–H and O–H groups in total. The minimum Gasteiger partial charge on any atom is -0.350 e. The zero-order valence-electron chi connectivity index (χ0n) is 18.0. The Balaban J connectivity index is 1.82. The molecule has 4 amide bonds. The van der Waals surface area contributed by atoms with E-state index in [-0.39, 0.29) is 18.9 Å². The normalized spacial score (nSPS) is 20.2. The van der Waals surface area contributed by atoms with E-state index < -0.39 is 47.3 Å². The molecule has 3 rings (SSSR count). The van der Waals surface area contributed by atoms with Gasteiger partial charge in [-0.2, -0.15) is 0 Å². The van der Waals surface area contributed by atoms with Gasteiger partial charge in [0.25, 0.3) is 17.6 Å². The van der Waals surface area contributed by atoms with E-state index in [4.69, 9.17) is 0 Å². The predicted octanol–water partition coefficient (Wildman–Crippen LogP) is -0.671. The van der Waals surface area contributed by atoms with Gasteiger partial charge in [0.2, 0.25) is 0 Å². The van der Waals surface area contributed by atoms with Gasteiger partial charge in [0.15, 0.2) is 6.04 Å². The number of carbonyl (C=O) groups is 5. The Morgan fingerprint density at radius 3 is 2.41 bits per heavy atom. The Kier molecular flexibility index (Phi) is 6.66. The Morgan fingerprint density at radius 2 is 1.78 bits per heavy atom. The number of likely N-dealkylation sites (N-methyl/N-ethyl adjacent to an activating group) is 2. The molecular formula is C21H24FN5O5. The summed E-state index contributed by atoms with van der Waals surface area (Å²) in [5.41, 5.74) is 0.603. The van der Waals surface area contributed by atoms with Crippen molar-refractivity contribution >= 4 is 35.2 Å². The highest BCUT2D eigenvalue weighted by molar-refractivity contribution is 6.46. The molecule has 170 valence electrons. The first kappa shape index (κ1) is 23.0. The van der Waals surface area contributed by atoms with E-state index in [1.165, 1.54) is 55.2 Å². The van der Waals surface area contributed by atoms with E-state index in [9.17, 15) is 28.4 Å². The lowest BCUT2D eigenvalue weighted by Crippen LogP contribution is -2.62. The molecule has 32 heavy (non-hydrogen) atoms. The Bertz CT molecular complexity index is 991. The maximum atomic E-state index is 13.0. The number of nitrogens with one attached hydrogen (secondary N) is 1. The van der Waals surface area contributed by atoms with Gasteiger partial charge in [0.05, 0.1) is 6.04 Å². The fourth-order valence-electron chi connectivity index (χ4n) is 3.58. The fraction of sp³-hybridized carbons (Fsp3) is 0.429. The van der Waals surface area contributed by atoms with Crippen LogP contribution in [0.4, 0.5) is 4.39 Å². The van der Waals surface area contributed by atoms with Crippen LogP contribution in [0.1, 0.15) is 18.4 Å². The maximum Gasteiger partial charge on any atom is 0.312 e. The molecule has 10 nitrogen and oxygen atoms in total. The van der Waals surface area contributed by atoms with Crippen molar-refractivity contribution in [2.24, 2.45) is 4.99 Å². The molecule has 2 aliphatic rings. The van der Waals surface area contributed by atoms with E-state index in [0.717, 1.165) is 4.90 Å². The van der Waals surface area contributed by atoms with Gasteiger partial charge in [0.1, 0.15) is 11.7 Å². The Morgan fingerprint density at radius 1 is 1.12 bits per heavy atom. The van der Waals surface area contributed by atoms with Crippen molar-refractivity contribution in [3.05, 3.63) is 35.6 Å². The largest absolute Gasteiger partial charge is 0.350 e. The number of carbonyl (C=O) groups excluding carboxylic acids is 5. The van der Waals surface area contributed by atoms with Crippen molar-refractivity contribution in [3.8, 4) is 0 Å². The summed E-state index contributed by atoms with van der Waals surface area (Å²) in [7, 11) is 4.32. The van der Waals surface area contributed by atoms with Crippen LogP contribution in [-0.4, -0.2) is 89.7 Å². The first-order chi connectivity index (χ1) is 15.1. The summed E-state index contributed by atoms with van der Waals surface area (Å²) in [6.07, 6.45) is 0.918. The summed E-state index contributed by atoms with van der Waals surface area (Å²) in [6.45, 7) is 0.248. The molecule has 0 aromatic heterocycles. The number of rotatable bonds is 4. The molecule has 0 radical (unpaired) electrons. The third kappa shape index (κ3) is 4.51. The Labute approximate surface area is 184 Å². The van der Waals surface area contributed by atoms with Gasteiger partial charge in [-0.3, -0.25) is 28.9 Å². The molecule has 0 aliphatic carbocycles. The lowest BCUT2D eigenvalue weighted by atomic mass is 9.98. The molecule has 0 saturated carbocycles. The van der Waals surface area contributed by atoms with E-state index in [1.807, 2.05) is 0 Å². The molecule has 1 fully saturated rings. The van der Waals surface area contributed by atoms with Crippen LogP contribution in [0.5, 0.6) is 0 Å². The Hall–Kier alpha value is -3.63. The quantitative estimate of drug-likeness (QED) is 0.487. The van der Waals surface area contributed by atoms with Crippen molar-refractivity contribution in [2.45, 2.75) is 31.5 Å². The second-order valence-electron chi connectivity index (χ2n) is 7.83. The highest BCUT2D eigenvalue weighted by Crippen LogP contribution is 2.23. The highest BCUT2D eigenvalue weighted by Gasteiger charge is 2.46. The number of benzene rings is 1. The number of Topliss-reactive ketones (excluding diaryl/α,β-unsaturated/α-hetero) is 1. The van der Waals surface area contributed by atoms with Gasteiger partial charge in [-0.15, -0.1) is 0 Å². The minimum absolute atomic E-state index is 0.0187. The standard InChI is InChI=1S/C21H24FN5O5/c1-25(2)20(31)21(32)26(3)14-5-4-10-27-17(14)24-15(16(28)19(27)30)18(29)23-11-12-6-8-13(22)9-7-12/h6-9,14-15H,4-5,10-11H2,1-3H3,(H,23,29)/t14-,15?/m0/s1. The van der Waals surface area contributed by atoms with Gasteiger partial charge in [-0.1, -0.05) is 12.1 Å². The smallest absolute Gasteiger partial charge is 0.312 e. The second kappa shape index (κ2) is 9.25.